The first-order valence-electron chi connectivity index (χ1n) is 6.21. The molecule has 0 aliphatic heterocycles. The first-order chi connectivity index (χ1) is 8.81. The van der Waals surface area contributed by atoms with Gasteiger partial charge in [-0.05, 0) is 53.9 Å². The van der Waals surface area contributed by atoms with Gasteiger partial charge < -0.3 is 5.32 Å². The molecular weight excluding hydrogens is 227 g/mol. The SMILES string of the molecule is CCCNCc1ccc(F)cc1-c1ccncc1. The number of hydrogen-bond acceptors (Lipinski definition) is 2. The fraction of sp³-hybridized carbons (Fsp3) is 0.267. The lowest BCUT2D eigenvalue weighted by molar-refractivity contribution is 0.625. The third kappa shape index (κ3) is 3.14. The van der Waals surface area contributed by atoms with E-state index in [4.69, 9.17) is 0 Å². The molecule has 1 N–H and O–H groups in total. The van der Waals surface area contributed by atoms with Gasteiger partial charge in [0.05, 0.1) is 0 Å². The summed E-state index contributed by atoms with van der Waals surface area (Å²) in [6.07, 6.45) is 4.54. The van der Waals surface area contributed by atoms with E-state index in [9.17, 15) is 4.39 Å². The van der Waals surface area contributed by atoms with Crippen LogP contribution < -0.4 is 5.32 Å². The van der Waals surface area contributed by atoms with Crippen LogP contribution in [-0.2, 0) is 6.54 Å². The summed E-state index contributed by atoms with van der Waals surface area (Å²) >= 11 is 0. The van der Waals surface area contributed by atoms with Gasteiger partial charge in [0.2, 0.25) is 0 Å². The average Bonchev–Trinajstić information content (AvgIpc) is 2.41. The first-order valence-corrected chi connectivity index (χ1v) is 6.21. The Bertz CT molecular complexity index is 497. The molecular formula is C15H17FN2. The van der Waals surface area contributed by atoms with Crippen LogP contribution in [0.25, 0.3) is 11.1 Å². The van der Waals surface area contributed by atoms with Crippen molar-refractivity contribution in [2.24, 2.45) is 0 Å². The van der Waals surface area contributed by atoms with Gasteiger partial charge in [0.1, 0.15) is 5.82 Å². The van der Waals surface area contributed by atoms with Crippen LogP contribution in [0.3, 0.4) is 0 Å². The number of hydrogen-bond donors (Lipinski definition) is 1. The van der Waals surface area contributed by atoms with Crippen LogP contribution in [0.2, 0.25) is 0 Å². The van der Waals surface area contributed by atoms with E-state index in [0.717, 1.165) is 36.2 Å². The summed E-state index contributed by atoms with van der Waals surface area (Å²) in [5.41, 5.74) is 3.04. The second-order valence-corrected chi connectivity index (χ2v) is 4.21. The Hall–Kier alpha value is -1.74. The number of benzene rings is 1. The zero-order valence-corrected chi connectivity index (χ0v) is 10.5. The molecule has 0 saturated heterocycles. The van der Waals surface area contributed by atoms with Gasteiger partial charge in [-0.2, -0.15) is 0 Å². The predicted molar refractivity (Wildman–Crippen MR) is 71.6 cm³/mol. The molecule has 1 heterocycles. The van der Waals surface area contributed by atoms with Gasteiger partial charge in [-0.25, -0.2) is 4.39 Å². The van der Waals surface area contributed by atoms with Crippen molar-refractivity contribution >= 4 is 0 Å². The molecule has 2 aromatic rings. The van der Waals surface area contributed by atoms with E-state index in [1.165, 1.54) is 6.07 Å². The second kappa shape index (κ2) is 6.26. The Balaban J connectivity index is 2.29. The summed E-state index contributed by atoms with van der Waals surface area (Å²) in [4.78, 5) is 3.99. The molecule has 1 aromatic heterocycles. The van der Waals surface area contributed by atoms with Gasteiger partial charge in [-0.15, -0.1) is 0 Å². The largest absolute Gasteiger partial charge is 0.313 e. The Morgan fingerprint density at radius 1 is 1.17 bits per heavy atom. The van der Waals surface area contributed by atoms with Crippen molar-refractivity contribution in [3.8, 4) is 11.1 Å². The Kier molecular flexibility index (Phi) is 4.42. The summed E-state index contributed by atoms with van der Waals surface area (Å²) in [7, 11) is 0. The topological polar surface area (TPSA) is 24.9 Å². The molecule has 0 aliphatic rings. The fourth-order valence-corrected chi connectivity index (χ4v) is 1.90. The minimum Gasteiger partial charge on any atom is -0.313 e. The van der Waals surface area contributed by atoms with E-state index in [-0.39, 0.29) is 5.82 Å². The zero-order chi connectivity index (χ0) is 12.8. The van der Waals surface area contributed by atoms with Gasteiger partial charge in [-0.3, -0.25) is 4.98 Å². The van der Waals surface area contributed by atoms with E-state index < -0.39 is 0 Å². The lowest BCUT2D eigenvalue weighted by Gasteiger charge is -2.10. The Morgan fingerprint density at radius 3 is 2.67 bits per heavy atom. The monoisotopic (exact) mass is 244 g/mol. The highest BCUT2D eigenvalue weighted by Crippen LogP contribution is 2.24. The number of pyridine rings is 1. The van der Waals surface area contributed by atoms with Crippen LogP contribution in [-0.4, -0.2) is 11.5 Å². The third-order valence-corrected chi connectivity index (χ3v) is 2.81. The maximum absolute atomic E-state index is 13.4. The maximum Gasteiger partial charge on any atom is 0.123 e. The van der Waals surface area contributed by atoms with Crippen LogP contribution in [0.15, 0.2) is 42.7 Å². The van der Waals surface area contributed by atoms with Crippen molar-refractivity contribution in [2.45, 2.75) is 19.9 Å². The minimum absolute atomic E-state index is 0.207. The normalized spacial score (nSPS) is 10.6. The molecule has 0 aliphatic carbocycles. The van der Waals surface area contributed by atoms with Crippen LogP contribution in [0.4, 0.5) is 4.39 Å². The van der Waals surface area contributed by atoms with Crippen molar-refractivity contribution in [1.29, 1.82) is 0 Å². The standard InChI is InChI=1S/C15H17FN2/c1-2-7-18-11-13-3-4-14(16)10-15(13)12-5-8-17-9-6-12/h3-6,8-10,18H,2,7,11H2,1H3. The van der Waals surface area contributed by atoms with E-state index in [1.807, 2.05) is 18.2 Å². The van der Waals surface area contributed by atoms with Gasteiger partial charge >= 0.3 is 0 Å². The highest BCUT2D eigenvalue weighted by Gasteiger charge is 2.06. The maximum atomic E-state index is 13.4. The quantitative estimate of drug-likeness (QED) is 0.815. The molecule has 1 aromatic carbocycles. The van der Waals surface area contributed by atoms with Gasteiger partial charge in [0.25, 0.3) is 0 Å². The number of aromatic nitrogens is 1. The predicted octanol–water partition coefficient (Wildman–Crippen LogP) is 3.39. The Labute approximate surface area is 107 Å². The summed E-state index contributed by atoms with van der Waals surface area (Å²) in [6.45, 7) is 3.85. The number of halogens is 1. The van der Waals surface area contributed by atoms with E-state index in [1.54, 1.807) is 18.5 Å². The average molecular weight is 244 g/mol. The molecule has 2 rings (SSSR count). The van der Waals surface area contributed by atoms with E-state index in [0.29, 0.717) is 0 Å². The number of nitrogens with zero attached hydrogens (tertiary/aromatic N) is 1. The third-order valence-electron chi connectivity index (χ3n) is 2.81. The first kappa shape index (κ1) is 12.7. The van der Waals surface area contributed by atoms with Crippen molar-refractivity contribution in [2.75, 3.05) is 6.54 Å². The molecule has 0 atom stereocenters. The molecule has 0 radical (unpaired) electrons. The van der Waals surface area contributed by atoms with E-state index >= 15 is 0 Å². The van der Waals surface area contributed by atoms with Crippen molar-refractivity contribution in [3.05, 3.63) is 54.1 Å². The van der Waals surface area contributed by atoms with Gasteiger partial charge in [-0.1, -0.05) is 13.0 Å². The van der Waals surface area contributed by atoms with Crippen LogP contribution in [0, 0.1) is 5.82 Å². The lowest BCUT2D eigenvalue weighted by Crippen LogP contribution is -2.14. The molecule has 0 spiro atoms. The molecule has 0 amide bonds. The fourth-order valence-electron chi connectivity index (χ4n) is 1.90. The second-order valence-electron chi connectivity index (χ2n) is 4.21. The number of rotatable bonds is 5. The lowest BCUT2D eigenvalue weighted by atomic mass is 10.0. The van der Waals surface area contributed by atoms with Crippen molar-refractivity contribution in [1.82, 2.24) is 10.3 Å². The summed E-state index contributed by atoms with van der Waals surface area (Å²) in [6, 6.07) is 8.73. The smallest absolute Gasteiger partial charge is 0.123 e. The number of nitrogens with one attached hydrogen (secondary N) is 1. The molecule has 0 unspecified atom stereocenters. The molecule has 94 valence electrons. The van der Waals surface area contributed by atoms with Gasteiger partial charge in [0, 0.05) is 18.9 Å². The minimum atomic E-state index is -0.207. The van der Waals surface area contributed by atoms with Crippen LogP contribution in [0.1, 0.15) is 18.9 Å². The summed E-state index contributed by atoms with van der Waals surface area (Å²) < 4.78 is 13.4. The summed E-state index contributed by atoms with van der Waals surface area (Å²) in [5, 5.41) is 3.34. The zero-order valence-electron chi connectivity index (χ0n) is 10.5. The highest BCUT2D eigenvalue weighted by molar-refractivity contribution is 5.66. The van der Waals surface area contributed by atoms with Crippen molar-refractivity contribution in [3.63, 3.8) is 0 Å². The Morgan fingerprint density at radius 2 is 1.94 bits per heavy atom. The molecule has 0 fully saturated rings. The molecule has 0 saturated carbocycles. The molecule has 18 heavy (non-hydrogen) atoms. The van der Waals surface area contributed by atoms with Crippen LogP contribution >= 0.6 is 0 Å². The van der Waals surface area contributed by atoms with Gasteiger partial charge in [0.15, 0.2) is 0 Å². The van der Waals surface area contributed by atoms with Crippen LogP contribution in [0.5, 0.6) is 0 Å². The molecule has 2 nitrogen and oxygen atoms in total. The summed E-state index contributed by atoms with van der Waals surface area (Å²) in [5.74, 6) is -0.207. The molecule has 3 heteroatoms. The molecule has 0 bridgehead atoms. The van der Waals surface area contributed by atoms with E-state index in [2.05, 4.69) is 17.2 Å². The van der Waals surface area contributed by atoms with Crippen molar-refractivity contribution < 1.29 is 4.39 Å². The highest BCUT2D eigenvalue weighted by atomic mass is 19.1.